The molecule has 0 unspecified atom stereocenters. The topological polar surface area (TPSA) is 3.24 Å². The molecular weight excluding hydrogens is 472 g/mol. The molecule has 1 nitrogen and oxygen atoms in total. The molecule has 0 spiro atoms. The fourth-order valence-electron chi connectivity index (χ4n) is 5.00. The van der Waals surface area contributed by atoms with Gasteiger partial charge in [-0.1, -0.05) is 97.1 Å². The van der Waals surface area contributed by atoms with Crippen molar-refractivity contribution < 1.29 is 8.78 Å². The summed E-state index contributed by atoms with van der Waals surface area (Å²) in [5.74, 6) is -0.815. The van der Waals surface area contributed by atoms with E-state index < -0.39 is 11.6 Å². The highest BCUT2D eigenvalue weighted by Gasteiger charge is 2.18. The number of hydrogen-bond donors (Lipinski definition) is 0. The molecule has 0 saturated carbocycles. The average Bonchev–Trinajstić information content (AvgIpc) is 2.97. The van der Waals surface area contributed by atoms with Crippen LogP contribution in [0.2, 0.25) is 0 Å². The third-order valence-corrected chi connectivity index (χ3v) is 7.00. The molecular formula is C35H25F2N. The molecule has 6 aromatic rings. The molecule has 0 atom stereocenters. The van der Waals surface area contributed by atoms with Gasteiger partial charge in [-0.25, -0.2) is 8.78 Å². The summed E-state index contributed by atoms with van der Waals surface area (Å²) in [5, 5.41) is 2.36. The fourth-order valence-corrected chi connectivity index (χ4v) is 5.00. The van der Waals surface area contributed by atoms with Gasteiger partial charge in [0, 0.05) is 7.05 Å². The van der Waals surface area contributed by atoms with E-state index in [2.05, 4.69) is 42.5 Å². The van der Waals surface area contributed by atoms with E-state index in [0.717, 1.165) is 33.4 Å². The van der Waals surface area contributed by atoms with E-state index in [1.807, 2.05) is 60.7 Å². The van der Waals surface area contributed by atoms with Gasteiger partial charge in [0.25, 0.3) is 0 Å². The molecule has 38 heavy (non-hydrogen) atoms. The van der Waals surface area contributed by atoms with E-state index in [4.69, 9.17) is 0 Å². The van der Waals surface area contributed by atoms with Gasteiger partial charge in [0.15, 0.2) is 0 Å². The Morgan fingerprint density at radius 1 is 0.421 bits per heavy atom. The molecule has 0 aliphatic heterocycles. The molecule has 3 heteroatoms. The van der Waals surface area contributed by atoms with Crippen molar-refractivity contribution in [3.05, 3.63) is 145 Å². The molecule has 0 saturated heterocycles. The molecule has 0 bridgehead atoms. The Morgan fingerprint density at radius 3 is 1.87 bits per heavy atom. The van der Waals surface area contributed by atoms with Gasteiger partial charge < -0.3 is 4.90 Å². The van der Waals surface area contributed by atoms with Gasteiger partial charge in [-0.15, -0.1) is 0 Å². The number of anilines is 2. The van der Waals surface area contributed by atoms with Gasteiger partial charge in [-0.3, -0.25) is 0 Å². The van der Waals surface area contributed by atoms with Crippen LogP contribution in [0.1, 0.15) is 0 Å². The fraction of sp³-hybridized carbons (Fsp3) is 0.0286. The van der Waals surface area contributed by atoms with Crippen molar-refractivity contribution in [2.24, 2.45) is 0 Å². The number of para-hydroxylation sites is 1. The van der Waals surface area contributed by atoms with Gasteiger partial charge in [-0.05, 0) is 80.6 Å². The van der Waals surface area contributed by atoms with Crippen LogP contribution in [0.15, 0.2) is 133 Å². The monoisotopic (exact) mass is 497 g/mol. The second-order valence-corrected chi connectivity index (χ2v) is 9.37. The summed E-state index contributed by atoms with van der Waals surface area (Å²) in [7, 11) is 1.69. The lowest BCUT2D eigenvalue weighted by atomic mass is 9.91. The van der Waals surface area contributed by atoms with Crippen LogP contribution in [0.25, 0.3) is 44.2 Å². The highest BCUT2D eigenvalue weighted by molar-refractivity contribution is 5.90. The highest BCUT2D eigenvalue weighted by atomic mass is 19.1. The average molecular weight is 498 g/mol. The first-order valence-electron chi connectivity index (χ1n) is 12.6. The van der Waals surface area contributed by atoms with Crippen LogP contribution in [-0.4, -0.2) is 7.05 Å². The first-order valence-corrected chi connectivity index (χ1v) is 12.6. The molecule has 0 N–H and O–H groups in total. The minimum absolute atomic E-state index is 0.309. The summed E-state index contributed by atoms with van der Waals surface area (Å²) in [6.45, 7) is 0. The standard InChI is InChI=1S/C35H25F2N/c1-38(34-17-8-7-16-32(34)36)35-23-31(25-11-3-2-4-12-25)30(22-33(35)37)29-15-9-14-27(21-29)28-19-18-24-10-5-6-13-26(24)20-28/h2-23H,1H3. The van der Waals surface area contributed by atoms with Crippen LogP contribution in [0.5, 0.6) is 0 Å². The zero-order valence-corrected chi connectivity index (χ0v) is 20.9. The lowest BCUT2D eigenvalue weighted by Crippen LogP contribution is -2.13. The van der Waals surface area contributed by atoms with Gasteiger partial charge in [-0.2, -0.15) is 0 Å². The Bertz CT molecular complexity index is 1760. The Balaban J connectivity index is 1.50. The van der Waals surface area contributed by atoms with Crippen molar-refractivity contribution in [3.8, 4) is 33.4 Å². The van der Waals surface area contributed by atoms with E-state index in [-0.39, 0.29) is 0 Å². The second kappa shape index (κ2) is 9.95. The SMILES string of the molecule is CN(c1ccccc1F)c1cc(-c2ccccc2)c(-c2cccc(-c3ccc4ccccc4c3)c2)cc1F. The number of hydrogen-bond acceptors (Lipinski definition) is 1. The number of rotatable bonds is 5. The Labute approximate surface area is 221 Å². The van der Waals surface area contributed by atoms with Gasteiger partial charge in [0.1, 0.15) is 11.6 Å². The molecule has 0 amide bonds. The zero-order chi connectivity index (χ0) is 26.1. The summed E-state index contributed by atoms with van der Waals surface area (Å²) in [5.41, 5.74) is 6.31. The van der Waals surface area contributed by atoms with Crippen LogP contribution in [0.4, 0.5) is 20.2 Å². The smallest absolute Gasteiger partial charge is 0.147 e. The molecule has 6 aromatic carbocycles. The molecule has 0 aliphatic rings. The molecule has 0 radical (unpaired) electrons. The Kier molecular flexibility index (Phi) is 6.19. The van der Waals surface area contributed by atoms with Crippen LogP contribution >= 0.6 is 0 Å². The predicted octanol–water partition coefficient (Wildman–Crippen LogP) is 9.89. The van der Waals surface area contributed by atoms with Crippen molar-refractivity contribution in [3.63, 3.8) is 0 Å². The summed E-state index contributed by atoms with van der Waals surface area (Å²) in [4.78, 5) is 1.56. The van der Waals surface area contributed by atoms with Crippen molar-refractivity contribution in [1.29, 1.82) is 0 Å². The zero-order valence-electron chi connectivity index (χ0n) is 20.9. The first-order chi connectivity index (χ1) is 18.6. The maximum Gasteiger partial charge on any atom is 0.147 e. The van der Waals surface area contributed by atoms with Crippen LogP contribution in [0, 0.1) is 11.6 Å². The van der Waals surface area contributed by atoms with Gasteiger partial charge in [0.05, 0.1) is 11.4 Å². The maximum atomic E-state index is 15.7. The summed E-state index contributed by atoms with van der Waals surface area (Å²) in [6, 6.07) is 42.6. The van der Waals surface area contributed by atoms with Crippen LogP contribution in [-0.2, 0) is 0 Å². The molecule has 0 aromatic heterocycles. The quantitative estimate of drug-likeness (QED) is 0.229. The number of fused-ring (bicyclic) bond motifs is 1. The van der Waals surface area contributed by atoms with Crippen molar-refractivity contribution in [1.82, 2.24) is 0 Å². The van der Waals surface area contributed by atoms with E-state index in [1.54, 1.807) is 36.2 Å². The minimum atomic E-state index is -0.415. The first kappa shape index (κ1) is 23.6. The second-order valence-electron chi connectivity index (χ2n) is 9.37. The van der Waals surface area contributed by atoms with E-state index in [0.29, 0.717) is 11.4 Å². The van der Waals surface area contributed by atoms with Crippen molar-refractivity contribution in [2.45, 2.75) is 0 Å². The lowest BCUT2D eigenvalue weighted by Gasteiger charge is -2.23. The summed E-state index contributed by atoms with van der Waals surface area (Å²) >= 11 is 0. The molecule has 0 fully saturated rings. The molecule has 184 valence electrons. The Morgan fingerprint density at radius 2 is 1.05 bits per heavy atom. The third-order valence-electron chi connectivity index (χ3n) is 7.00. The van der Waals surface area contributed by atoms with E-state index >= 15 is 4.39 Å². The number of halogens is 2. The highest BCUT2D eigenvalue weighted by Crippen LogP contribution is 2.40. The lowest BCUT2D eigenvalue weighted by molar-refractivity contribution is 0.618. The molecule has 6 rings (SSSR count). The summed E-state index contributed by atoms with van der Waals surface area (Å²) in [6.07, 6.45) is 0. The van der Waals surface area contributed by atoms with Crippen LogP contribution in [0.3, 0.4) is 0 Å². The van der Waals surface area contributed by atoms with E-state index in [9.17, 15) is 4.39 Å². The molecule has 0 heterocycles. The minimum Gasteiger partial charge on any atom is -0.340 e. The predicted molar refractivity (Wildman–Crippen MR) is 155 cm³/mol. The Hall–Kier alpha value is -4.76. The third kappa shape index (κ3) is 4.44. The largest absolute Gasteiger partial charge is 0.340 e. The molecule has 0 aliphatic carbocycles. The van der Waals surface area contributed by atoms with Gasteiger partial charge in [0.2, 0.25) is 0 Å². The van der Waals surface area contributed by atoms with E-state index in [1.165, 1.54) is 16.8 Å². The number of benzene rings is 6. The maximum absolute atomic E-state index is 15.7. The normalized spacial score (nSPS) is 11.0. The summed E-state index contributed by atoms with van der Waals surface area (Å²) < 4.78 is 30.3. The van der Waals surface area contributed by atoms with Crippen molar-refractivity contribution >= 4 is 22.1 Å². The van der Waals surface area contributed by atoms with Crippen molar-refractivity contribution in [2.75, 3.05) is 11.9 Å². The van der Waals surface area contributed by atoms with Crippen LogP contribution < -0.4 is 4.90 Å². The van der Waals surface area contributed by atoms with Gasteiger partial charge >= 0.3 is 0 Å². The number of nitrogens with zero attached hydrogens (tertiary/aromatic N) is 1.